The largest absolute Gasteiger partial charge is 0.498 e. The lowest BCUT2D eigenvalue weighted by Crippen LogP contribution is -2.37. The van der Waals surface area contributed by atoms with Gasteiger partial charge in [-0.1, -0.05) is 167 Å². The van der Waals surface area contributed by atoms with Crippen LogP contribution in [0.25, 0.3) is 0 Å². The number of rotatable bonds is 42. The van der Waals surface area contributed by atoms with E-state index < -0.39 is 13.9 Å². The number of carbonyl (C=O) groups excluding carboxylic acids is 1. The molecule has 0 aromatic rings. The van der Waals surface area contributed by atoms with Gasteiger partial charge < -0.3 is 18.9 Å². The van der Waals surface area contributed by atoms with Gasteiger partial charge in [0.2, 0.25) is 0 Å². The van der Waals surface area contributed by atoms with Crippen LogP contribution in [0.1, 0.15) is 200 Å². The van der Waals surface area contributed by atoms with E-state index in [1.54, 1.807) is 6.26 Å². The van der Waals surface area contributed by atoms with E-state index in [1.165, 1.54) is 122 Å². The standard InChI is InChI=1S/C46H88NO7P/c1-6-8-10-12-14-16-18-20-22-23-24-26-28-30-32-34-36-38-41-51-43-45(44-53-55(49,50)52-42-40-47(3,4)5)54-46(48)39-37-35-33-31-29-27-25-21-19-17-15-13-11-9-7-2/h15,17,21,25,38,41,45H,6-14,16,18-20,22-24,26-37,39-40,42-44H2,1-5H3/p+1/b17-15-,25-21-,41-38-/t45-/m1/s1. The predicted octanol–water partition coefficient (Wildman–Crippen LogP) is 13.7. The maximum absolute atomic E-state index is 12.7. The van der Waals surface area contributed by atoms with Crippen molar-refractivity contribution in [3.8, 4) is 0 Å². The summed E-state index contributed by atoms with van der Waals surface area (Å²) >= 11 is 0. The van der Waals surface area contributed by atoms with Crippen molar-refractivity contribution in [3.05, 3.63) is 36.6 Å². The summed E-state index contributed by atoms with van der Waals surface area (Å²) in [5.74, 6) is -0.348. The first-order chi connectivity index (χ1) is 26.6. The number of hydrogen-bond acceptors (Lipinski definition) is 6. The topological polar surface area (TPSA) is 91.3 Å². The van der Waals surface area contributed by atoms with Gasteiger partial charge in [0.15, 0.2) is 6.10 Å². The molecule has 1 N–H and O–H groups in total. The number of nitrogens with zero attached hydrogens (tertiary/aromatic N) is 1. The molecule has 0 aliphatic carbocycles. The molecule has 2 atom stereocenters. The van der Waals surface area contributed by atoms with Gasteiger partial charge >= 0.3 is 13.8 Å². The predicted molar refractivity (Wildman–Crippen MR) is 233 cm³/mol. The van der Waals surface area contributed by atoms with E-state index >= 15 is 0 Å². The summed E-state index contributed by atoms with van der Waals surface area (Å²) in [6.45, 7) is 4.90. The Kier molecular flexibility index (Phi) is 38.4. The maximum Gasteiger partial charge on any atom is 0.472 e. The molecule has 0 saturated heterocycles. The number of carbonyl (C=O) groups is 1. The smallest absolute Gasteiger partial charge is 0.472 e. The van der Waals surface area contributed by atoms with Crippen molar-refractivity contribution in [3.63, 3.8) is 0 Å². The zero-order valence-electron chi connectivity index (χ0n) is 36.7. The molecule has 0 fully saturated rings. The molecule has 324 valence electrons. The van der Waals surface area contributed by atoms with Gasteiger partial charge in [-0.2, -0.15) is 0 Å². The van der Waals surface area contributed by atoms with E-state index in [0.717, 1.165) is 57.8 Å². The number of quaternary nitrogens is 1. The van der Waals surface area contributed by atoms with Crippen LogP contribution in [0.5, 0.6) is 0 Å². The van der Waals surface area contributed by atoms with Gasteiger partial charge in [-0.3, -0.25) is 13.8 Å². The Morgan fingerprint density at radius 3 is 1.53 bits per heavy atom. The monoisotopic (exact) mass is 799 g/mol. The lowest BCUT2D eigenvalue weighted by Gasteiger charge is -2.24. The minimum atomic E-state index is -4.29. The van der Waals surface area contributed by atoms with Gasteiger partial charge in [-0.15, -0.1) is 0 Å². The normalized spacial score (nSPS) is 14.0. The summed E-state index contributed by atoms with van der Waals surface area (Å²) in [6, 6.07) is 0. The molecule has 0 aromatic heterocycles. The molecular weight excluding hydrogens is 709 g/mol. The molecule has 0 saturated carbocycles. The average molecular weight is 799 g/mol. The van der Waals surface area contributed by atoms with Gasteiger partial charge in [-0.05, 0) is 57.4 Å². The molecule has 1 unspecified atom stereocenters. The summed E-state index contributed by atoms with van der Waals surface area (Å²) in [5, 5.41) is 0. The minimum absolute atomic E-state index is 0.0439. The summed E-state index contributed by atoms with van der Waals surface area (Å²) in [4.78, 5) is 22.9. The SMILES string of the molecule is CCCCC/C=C\C/C=C\CCCCCCCC(=O)O[C@H](CO/C=C\CCCCCCCCCCCCCCCCCC)COP(=O)(O)OCC[N+](C)(C)C. The highest BCUT2D eigenvalue weighted by molar-refractivity contribution is 7.47. The first kappa shape index (κ1) is 53.6. The van der Waals surface area contributed by atoms with Gasteiger partial charge in [0.05, 0.1) is 34.0 Å². The fraction of sp³-hybridized carbons (Fsp3) is 0.848. The van der Waals surface area contributed by atoms with Crippen LogP contribution in [-0.2, 0) is 27.9 Å². The number of ether oxygens (including phenoxy) is 2. The van der Waals surface area contributed by atoms with Crippen LogP contribution in [0.3, 0.4) is 0 Å². The Morgan fingerprint density at radius 2 is 1.02 bits per heavy atom. The van der Waals surface area contributed by atoms with Crippen LogP contribution in [0.4, 0.5) is 0 Å². The Labute approximate surface area is 340 Å². The molecule has 0 spiro atoms. The van der Waals surface area contributed by atoms with Gasteiger partial charge in [-0.25, -0.2) is 4.57 Å². The molecule has 0 rings (SSSR count). The fourth-order valence-corrected chi connectivity index (χ4v) is 6.94. The minimum Gasteiger partial charge on any atom is -0.498 e. The highest BCUT2D eigenvalue weighted by atomic mass is 31.2. The number of phosphoric ester groups is 1. The van der Waals surface area contributed by atoms with Crippen LogP contribution in [0, 0.1) is 0 Å². The van der Waals surface area contributed by atoms with Crippen LogP contribution < -0.4 is 0 Å². The lowest BCUT2D eigenvalue weighted by atomic mass is 10.0. The fourth-order valence-electron chi connectivity index (χ4n) is 6.20. The highest BCUT2D eigenvalue weighted by Gasteiger charge is 2.26. The molecule has 0 heterocycles. The second-order valence-corrected chi connectivity index (χ2v) is 18.0. The number of phosphoric acid groups is 1. The lowest BCUT2D eigenvalue weighted by molar-refractivity contribution is -0.870. The van der Waals surface area contributed by atoms with E-state index in [2.05, 4.69) is 38.2 Å². The second-order valence-electron chi connectivity index (χ2n) is 16.5. The summed E-state index contributed by atoms with van der Waals surface area (Å²) < 4.78 is 34.8. The van der Waals surface area contributed by atoms with Crippen molar-refractivity contribution < 1.29 is 37.3 Å². The van der Waals surface area contributed by atoms with Gasteiger partial charge in [0.25, 0.3) is 0 Å². The Balaban J connectivity index is 4.27. The van der Waals surface area contributed by atoms with Crippen LogP contribution in [-0.4, -0.2) is 69.0 Å². The van der Waals surface area contributed by atoms with Crippen molar-refractivity contribution in [1.29, 1.82) is 0 Å². The third-order valence-corrected chi connectivity index (χ3v) is 10.8. The highest BCUT2D eigenvalue weighted by Crippen LogP contribution is 2.43. The first-order valence-corrected chi connectivity index (χ1v) is 24.3. The molecule has 55 heavy (non-hydrogen) atoms. The zero-order valence-corrected chi connectivity index (χ0v) is 37.6. The van der Waals surface area contributed by atoms with Crippen molar-refractivity contribution in [2.75, 3.05) is 47.5 Å². The van der Waals surface area contributed by atoms with Crippen molar-refractivity contribution in [2.45, 2.75) is 206 Å². The van der Waals surface area contributed by atoms with Gasteiger partial charge in [0.1, 0.15) is 19.8 Å². The molecule has 0 aromatic carbocycles. The van der Waals surface area contributed by atoms with E-state index in [9.17, 15) is 14.3 Å². The average Bonchev–Trinajstić information content (AvgIpc) is 3.13. The third kappa shape index (κ3) is 43.5. The van der Waals surface area contributed by atoms with E-state index in [1.807, 2.05) is 27.2 Å². The molecule has 8 nitrogen and oxygen atoms in total. The molecule has 0 aliphatic heterocycles. The summed E-state index contributed by atoms with van der Waals surface area (Å²) in [7, 11) is 1.63. The Morgan fingerprint density at radius 1 is 0.582 bits per heavy atom. The molecule has 9 heteroatoms. The number of likely N-dealkylation sites (N-methyl/N-ethyl adjacent to an activating group) is 1. The van der Waals surface area contributed by atoms with Crippen LogP contribution in [0.2, 0.25) is 0 Å². The van der Waals surface area contributed by atoms with E-state index in [0.29, 0.717) is 17.4 Å². The van der Waals surface area contributed by atoms with Gasteiger partial charge in [0, 0.05) is 6.42 Å². The number of unbranched alkanes of at least 4 members (excludes halogenated alkanes) is 24. The first-order valence-electron chi connectivity index (χ1n) is 22.8. The Hall–Kier alpha value is -1.44. The maximum atomic E-state index is 12.7. The molecular formula is C46H89NO7P+. The third-order valence-electron chi connectivity index (χ3n) is 9.77. The number of esters is 1. The van der Waals surface area contributed by atoms with E-state index in [4.69, 9.17) is 18.5 Å². The van der Waals surface area contributed by atoms with Crippen molar-refractivity contribution in [1.82, 2.24) is 0 Å². The molecule has 0 amide bonds. The number of allylic oxidation sites excluding steroid dienone is 5. The summed E-state index contributed by atoms with van der Waals surface area (Å²) in [6.07, 6.45) is 47.0. The van der Waals surface area contributed by atoms with Crippen LogP contribution >= 0.6 is 7.82 Å². The quantitative estimate of drug-likeness (QED) is 0.0164. The molecule has 0 aliphatic rings. The molecule has 0 radical (unpaired) electrons. The second kappa shape index (κ2) is 39.4. The number of hydrogen-bond donors (Lipinski definition) is 1. The molecule has 0 bridgehead atoms. The zero-order chi connectivity index (χ0) is 40.6. The van der Waals surface area contributed by atoms with E-state index in [-0.39, 0.29) is 25.8 Å². The summed E-state index contributed by atoms with van der Waals surface area (Å²) in [5.41, 5.74) is 0. The van der Waals surface area contributed by atoms with Crippen molar-refractivity contribution >= 4 is 13.8 Å². The van der Waals surface area contributed by atoms with Crippen LogP contribution in [0.15, 0.2) is 36.6 Å². The Bertz CT molecular complexity index is 978. The van der Waals surface area contributed by atoms with Crippen molar-refractivity contribution in [2.24, 2.45) is 0 Å².